The summed E-state index contributed by atoms with van der Waals surface area (Å²) in [5.74, 6) is -0.992. The quantitative estimate of drug-likeness (QED) is 0.634. The number of hydrogen-bond acceptors (Lipinski definition) is 4. The highest BCUT2D eigenvalue weighted by atomic mass is 31.2. The number of rotatable bonds is 6. The van der Waals surface area contributed by atoms with E-state index in [9.17, 15) is 14.8 Å². The van der Waals surface area contributed by atoms with Crippen molar-refractivity contribution in [1.82, 2.24) is 0 Å². The molecule has 0 spiro atoms. The van der Waals surface area contributed by atoms with Gasteiger partial charge in [-0.25, -0.2) is 0 Å². The van der Waals surface area contributed by atoms with Gasteiger partial charge in [-0.1, -0.05) is 42.5 Å². The van der Waals surface area contributed by atoms with Gasteiger partial charge in [0.05, 0.1) is 7.11 Å². The molecule has 0 heterocycles. The SMILES string of the molecule is C=CCP(=O)(c1ccccc1)C(O)c1ccc(O)c(OC)c1. The standard InChI is InChI=1S/C17H19O4P/c1-3-11-22(20,14-7-5-4-6-8-14)17(19)13-9-10-15(18)16(12-13)21-2/h3-10,12,17-19H,1,11H2,2H3. The summed E-state index contributed by atoms with van der Waals surface area (Å²) >= 11 is 0. The second-order valence-corrected chi connectivity index (χ2v) is 7.87. The Hall–Kier alpha value is -2.03. The van der Waals surface area contributed by atoms with Crippen LogP contribution in [0.25, 0.3) is 0 Å². The Bertz CT molecular complexity index is 697. The summed E-state index contributed by atoms with van der Waals surface area (Å²) < 4.78 is 18.4. The first-order valence-corrected chi connectivity index (χ1v) is 8.79. The summed E-state index contributed by atoms with van der Waals surface area (Å²) in [6.07, 6.45) is 1.73. The predicted molar refractivity (Wildman–Crippen MR) is 88.4 cm³/mol. The number of hydrogen-bond donors (Lipinski definition) is 2. The molecule has 2 N–H and O–H groups in total. The lowest BCUT2D eigenvalue weighted by Crippen LogP contribution is -2.13. The minimum absolute atomic E-state index is 0.0308. The van der Waals surface area contributed by atoms with Crippen LogP contribution >= 0.6 is 7.14 Å². The predicted octanol–water partition coefficient (Wildman–Crippen LogP) is 3.27. The molecular weight excluding hydrogens is 299 g/mol. The molecule has 2 rings (SSSR count). The molecule has 22 heavy (non-hydrogen) atoms. The first-order valence-electron chi connectivity index (χ1n) is 6.83. The summed E-state index contributed by atoms with van der Waals surface area (Å²) in [4.78, 5) is 0. The summed E-state index contributed by atoms with van der Waals surface area (Å²) in [5.41, 5.74) is 0.434. The van der Waals surface area contributed by atoms with Crippen LogP contribution in [0.2, 0.25) is 0 Å². The third-order valence-corrected chi connectivity index (χ3v) is 6.55. The van der Waals surface area contributed by atoms with Crippen molar-refractivity contribution in [3.63, 3.8) is 0 Å². The number of aliphatic hydroxyl groups excluding tert-OH is 1. The third kappa shape index (κ3) is 3.08. The van der Waals surface area contributed by atoms with Crippen LogP contribution in [0.1, 0.15) is 11.4 Å². The molecule has 0 saturated heterocycles. The number of methoxy groups -OCH3 is 1. The summed E-state index contributed by atoms with van der Waals surface area (Å²) in [6, 6.07) is 13.3. The van der Waals surface area contributed by atoms with Crippen molar-refractivity contribution in [2.24, 2.45) is 0 Å². The Morgan fingerprint density at radius 3 is 2.55 bits per heavy atom. The molecule has 4 nitrogen and oxygen atoms in total. The average molecular weight is 318 g/mol. The van der Waals surface area contributed by atoms with Crippen LogP contribution in [0.3, 0.4) is 0 Å². The fourth-order valence-corrected chi connectivity index (χ4v) is 4.71. The second-order valence-electron chi connectivity index (χ2n) is 4.91. The van der Waals surface area contributed by atoms with Gasteiger partial charge in [-0.3, -0.25) is 0 Å². The molecule has 2 unspecified atom stereocenters. The summed E-state index contributed by atoms with van der Waals surface area (Å²) in [5, 5.41) is 20.9. The van der Waals surface area contributed by atoms with Gasteiger partial charge in [-0.2, -0.15) is 0 Å². The Morgan fingerprint density at radius 2 is 1.95 bits per heavy atom. The number of benzene rings is 2. The van der Waals surface area contributed by atoms with E-state index in [1.807, 2.05) is 6.07 Å². The van der Waals surface area contributed by atoms with E-state index in [0.29, 0.717) is 10.9 Å². The van der Waals surface area contributed by atoms with Gasteiger partial charge in [0.1, 0.15) is 5.85 Å². The highest BCUT2D eigenvalue weighted by Gasteiger charge is 2.33. The number of aromatic hydroxyl groups is 1. The first kappa shape index (κ1) is 16.3. The van der Waals surface area contributed by atoms with Crippen molar-refractivity contribution < 1.29 is 19.5 Å². The topological polar surface area (TPSA) is 66.8 Å². The maximum Gasteiger partial charge on any atom is 0.160 e. The molecule has 2 atom stereocenters. The van der Waals surface area contributed by atoms with Crippen LogP contribution in [0.4, 0.5) is 0 Å². The lowest BCUT2D eigenvalue weighted by molar-refractivity contribution is 0.254. The number of phenolic OH excluding ortho intramolecular Hbond substituents is 1. The highest BCUT2D eigenvalue weighted by molar-refractivity contribution is 7.71. The van der Waals surface area contributed by atoms with Crippen molar-refractivity contribution >= 4 is 12.4 Å². The van der Waals surface area contributed by atoms with Crippen molar-refractivity contribution in [3.05, 3.63) is 66.7 Å². The van der Waals surface area contributed by atoms with E-state index in [1.165, 1.54) is 19.2 Å². The van der Waals surface area contributed by atoms with Crippen molar-refractivity contribution in [1.29, 1.82) is 0 Å². The van der Waals surface area contributed by atoms with Gasteiger partial charge in [0.25, 0.3) is 0 Å². The zero-order valence-corrected chi connectivity index (χ0v) is 13.2. The van der Waals surface area contributed by atoms with Crippen LogP contribution < -0.4 is 10.0 Å². The molecule has 0 aliphatic heterocycles. The van der Waals surface area contributed by atoms with E-state index in [-0.39, 0.29) is 17.7 Å². The van der Waals surface area contributed by atoms with E-state index < -0.39 is 13.0 Å². The van der Waals surface area contributed by atoms with Gasteiger partial charge in [0, 0.05) is 11.5 Å². The molecule has 0 fully saturated rings. The summed E-state index contributed by atoms with van der Waals surface area (Å²) in [6.45, 7) is 3.65. The molecule has 0 amide bonds. The van der Waals surface area contributed by atoms with Gasteiger partial charge in [0.15, 0.2) is 18.6 Å². The van der Waals surface area contributed by atoms with Gasteiger partial charge in [-0.15, -0.1) is 6.58 Å². The van der Waals surface area contributed by atoms with Gasteiger partial charge in [0.2, 0.25) is 0 Å². The zero-order valence-electron chi connectivity index (χ0n) is 12.3. The lowest BCUT2D eigenvalue weighted by Gasteiger charge is -2.24. The molecule has 2 aromatic carbocycles. The molecule has 116 valence electrons. The normalized spacial score (nSPS) is 14.8. The van der Waals surface area contributed by atoms with Crippen LogP contribution in [-0.4, -0.2) is 23.5 Å². The zero-order chi connectivity index (χ0) is 16.2. The molecule has 2 aromatic rings. The second kappa shape index (κ2) is 6.82. The monoisotopic (exact) mass is 318 g/mol. The molecule has 0 aromatic heterocycles. The van der Waals surface area contributed by atoms with Crippen LogP contribution in [0.15, 0.2) is 61.2 Å². The molecule has 0 saturated carbocycles. The Labute approximate surface area is 130 Å². The van der Waals surface area contributed by atoms with E-state index >= 15 is 0 Å². The van der Waals surface area contributed by atoms with Gasteiger partial charge in [-0.05, 0) is 17.7 Å². The number of ether oxygens (including phenoxy) is 1. The van der Waals surface area contributed by atoms with E-state index in [0.717, 1.165) is 0 Å². The molecule has 0 bridgehead atoms. The minimum atomic E-state index is -3.13. The minimum Gasteiger partial charge on any atom is -0.504 e. The molecule has 0 aliphatic rings. The lowest BCUT2D eigenvalue weighted by atomic mass is 10.2. The smallest absolute Gasteiger partial charge is 0.160 e. The Morgan fingerprint density at radius 1 is 1.27 bits per heavy atom. The van der Waals surface area contributed by atoms with E-state index in [4.69, 9.17) is 4.74 Å². The molecular formula is C17H19O4P. The summed E-state index contributed by atoms with van der Waals surface area (Å²) in [7, 11) is -1.71. The van der Waals surface area contributed by atoms with E-state index in [2.05, 4.69) is 6.58 Å². The van der Waals surface area contributed by atoms with Crippen molar-refractivity contribution in [2.75, 3.05) is 13.3 Å². The maximum absolute atomic E-state index is 13.4. The Balaban J connectivity index is 2.49. The largest absolute Gasteiger partial charge is 0.504 e. The maximum atomic E-state index is 13.4. The number of aliphatic hydroxyl groups is 1. The van der Waals surface area contributed by atoms with Gasteiger partial charge >= 0.3 is 0 Å². The van der Waals surface area contributed by atoms with Crippen molar-refractivity contribution in [3.8, 4) is 11.5 Å². The van der Waals surface area contributed by atoms with Crippen LogP contribution in [-0.2, 0) is 4.57 Å². The van der Waals surface area contributed by atoms with Crippen molar-refractivity contribution in [2.45, 2.75) is 5.85 Å². The average Bonchev–Trinajstić information content (AvgIpc) is 2.55. The Kier molecular flexibility index (Phi) is 5.07. The fourth-order valence-electron chi connectivity index (χ4n) is 2.31. The van der Waals surface area contributed by atoms with E-state index in [1.54, 1.807) is 36.4 Å². The fraction of sp³-hybridized carbons (Fsp3) is 0.176. The van der Waals surface area contributed by atoms with Crippen LogP contribution in [0.5, 0.6) is 11.5 Å². The first-order chi connectivity index (χ1) is 10.5. The molecule has 0 aliphatic carbocycles. The molecule has 5 heteroatoms. The third-order valence-electron chi connectivity index (χ3n) is 3.49. The number of allylic oxidation sites excluding steroid dienone is 1. The number of phenols is 1. The van der Waals surface area contributed by atoms with Gasteiger partial charge < -0.3 is 19.5 Å². The van der Waals surface area contributed by atoms with Crippen LogP contribution in [0, 0.1) is 0 Å². The highest BCUT2D eigenvalue weighted by Crippen LogP contribution is 2.57. The molecule has 0 radical (unpaired) electrons.